The van der Waals surface area contributed by atoms with Gasteiger partial charge in [-0.05, 0) is 56.4 Å². The second-order valence-corrected chi connectivity index (χ2v) is 11.3. The van der Waals surface area contributed by atoms with Gasteiger partial charge in [0.1, 0.15) is 17.2 Å². The Bertz CT molecular complexity index is 1640. The zero-order valence-electron chi connectivity index (χ0n) is 23.0. The number of ketones is 2. The quantitative estimate of drug-likeness (QED) is 0.311. The van der Waals surface area contributed by atoms with E-state index in [0.717, 1.165) is 11.1 Å². The van der Waals surface area contributed by atoms with Crippen LogP contribution in [0.4, 0.5) is 5.69 Å². The summed E-state index contributed by atoms with van der Waals surface area (Å²) in [6, 6.07) is 7.95. The summed E-state index contributed by atoms with van der Waals surface area (Å²) in [5, 5.41) is 10.8. The largest absolute Gasteiger partial charge is 0.508 e. The van der Waals surface area contributed by atoms with Crippen molar-refractivity contribution in [1.29, 1.82) is 0 Å². The average Bonchev–Trinajstić information content (AvgIpc) is 3.21. The summed E-state index contributed by atoms with van der Waals surface area (Å²) >= 11 is 6.34. The number of carbonyl (C=O) groups excluding carboxylic acids is 4. The fourth-order valence-corrected chi connectivity index (χ4v) is 7.05. The first-order chi connectivity index (χ1) is 19.6. The van der Waals surface area contributed by atoms with Crippen molar-refractivity contribution in [2.45, 2.75) is 32.6 Å². The summed E-state index contributed by atoms with van der Waals surface area (Å²) in [7, 11) is 2.89. The van der Waals surface area contributed by atoms with Crippen LogP contribution in [-0.4, -0.2) is 42.7 Å². The van der Waals surface area contributed by atoms with E-state index in [4.69, 9.17) is 21.1 Å². The van der Waals surface area contributed by atoms with Crippen molar-refractivity contribution in [2.75, 3.05) is 19.1 Å². The highest BCUT2D eigenvalue weighted by Crippen LogP contribution is 2.58. The molecule has 1 aliphatic heterocycles. The summed E-state index contributed by atoms with van der Waals surface area (Å²) < 4.78 is 11.3. The Morgan fingerprint density at radius 3 is 2.27 bits per heavy atom. The minimum absolute atomic E-state index is 0.0900. The maximum Gasteiger partial charge on any atom is 0.238 e. The topological polar surface area (TPSA) is 110 Å². The molecule has 2 amide bonds. The first-order valence-electron chi connectivity index (χ1n) is 13.4. The molecule has 2 aromatic carbocycles. The second kappa shape index (κ2) is 9.73. The highest BCUT2D eigenvalue weighted by molar-refractivity contribution is 6.32. The average molecular weight is 574 g/mol. The number of carbonyl (C=O) groups is 4. The minimum atomic E-state index is -0.777. The van der Waals surface area contributed by atoms with Gasteiger partial charge in [0.2, 0.25) is 11.8 Å². The molecule has 1 saturated heterocycles. The van der Waals surface area contributed by atoms with E-state index in [0.29, 0.717) is 33.0 Å². The number of methoxy groups -OCH3 is 2. The van der Waals surface area contributed by atoms with E-state index in [-0.39, 0.29) is 53.5 Å². The first kappa shape index (κ1) is 27.0. The van der Waals surface area contributed by atoms with Crippen molar-refractivity contribution in [3.8, 4) is 17.2 Å². The molecule has 9 heteroatoms. The molecule has 1 N–H and O–H groups in total. The number of rotatable bonds is 4. The lowest BCUT2D eigenvalue weighted by Crippen LogP contribution is -2.40. The van der Waals surface area contributed by atoms with Crippen LogP contribution in [0.15, 0.2) is 64.8 Å². The molecule has 210 valence electrons. The number of imide groups is 1. The van der Waals surface area contributed by atoms with Gasteiger partial charge >= 0.3 is 0 Å². The maximum absolute atomic E-state index is 14.1. The predicted octanol–water partition coefficient (Wildman–Crippen LogP) is 5.01. The lowest BCUT2D eigenvalue weighted by atomic mass is 9.59. The third kappa shape index (κ3) is 3.95. The van der Waals surface area contributed by atoms with Gasteiger partial charge < -0.3 is 14.6 Å². The number of fused-ring (bicyclic) bond motifs is 3. The van der Waals surface area contributed by atoms with Gasteiger partial charge in [-0.1, -0.05) is 29.3 Å². The molecule has 0 unspecified atom stereocenters. The molecular formula is C32H28ClNO7. The van der Waals surface area contributed by atoms with E-state index >= 15 is 0 Å². The molecule has 0 saturated carbocycles. The molecule has 0 aromatic heterocycles. The number of amides is 2. The van der Waals surface area contributed by atoms with E-state index in [9.17, 15) is 24.3 Å². The Labute approximate surface area is 241 Å². The van der Waals surface area contributed by atoms with Gasteiger partial charge in [-0.25, -0.2) is 4.90 Å². The van der Waals surface area contributed by atoms with Crippen LogP contribution in [0.1, 0.15) is 36.8 Å². The van der Waals surface area contributed by atoms with Crippen molar-refractivity contribution >= 4 is 40.7 Å². The number of phenols is 1. The number of phenolic OH excluding ortho intramolecular Hbond substituents is 1. The fourth-order valence-electron chi connectivity index (χ4n) is 6.88. The van der Waals surface area contributed by atoms with Crippen LogP contribution in [0.25, 0.3) is 0 Å². The lowest BCUT2D eigenvalue weighted by molar-refractivity contribution is -0.123. The maximum atomic E-state index is 14.1. The van der Waals surface area contributed by atoms with Gasteiger partial charge in [-0.15, -0.1) is 0 Å². The monoisotopic (exact) mass is 573 g/mol. The number of anilines is 1. The van der Waals surface area contributed by atoms with Gasteiger partial charge in [0.25, 0.3) is 0 Å². The number of hydrogen-bond donors (Lipinski definition) is 1. The summed E-state index contributed by atoms with van der Waals surface area (Å²) in [6.45, 7) is 3.45. The van der Waals surface area contributed by atoms with E-state index in [1.807, 2.05) is 13.0 Å². The highest BCUT2D eigenvalue weighted by atomic mass is 35.5. The number of nitrogens with zero attached hydrogens (tertiary/aromatic N) is 1. The van der Waals surface area contributed by atoms with Crippen molar-refractivity contribution in [3.63, 3.8) is 0 Å². The van der Waals surface area contributed by atoms with Crippen LogP contribution < -0.4 is 14.4 Å². The SMILES string of the molecule is COc1cc(O)cc(OC)c1[C@H]1C2=CC[C@@H]3C(=O)N(c4ccc(C)c(Cl)c4)C(=O)[C@@H]3[C@@H]2CC2=C1C(=O)C(C)=CC2=O. The molecule has 6 rings (SSSR count). The number of Topliss-reactive ketones (excluding diaryl/α,β-unsaturated/α-hetero) is 1. The molecule has 4 atom stereocenters. The molecule has 8 nitrogen and oxygen atoms in total. The number of allylic oxidation sites excluding steroid dienone is 6. The van der Waals surface area contributed by atoms with Crippen LogP contribution in [-0.2, 0) is 19.2 Å². The van der Waals surface area contributed by atoms with E-state index in [1.165, 1.54) is 37.3 Å². The van der Waals surface area contributed by atoms with Gasteiger partial charge in [-0.3, -0.25) is 19.2 Å². The number of halogens is 1. The van der Waals surface area contributed by atoms with Crippen molar-refractivity contribution in [2.24, 2.45) is 17.8 Å². The van der Waals surface area contributed by atoms with Crippen molar-refractivity contribution in [1.82, 2.24) is 0 Å². The summed E-state index contributed by atoms with van der Waals surface area (Å²) in [6.07, 6.45) is 3.70. The first-order valence-corrected chi connectivity index (χ1v) is 13.7. The van der Waals surface area contributed by atoms with Gasteiger partial charge in [-0.2, -0.15) is 0 Å². The molecular weight excluding hydrogens is 546 g/mol. The smallest absolute Gasteiger partial charge is 0.238 e. The number of aryl methyl sites for hydroxylation is 1. The van der Waals surface area contributed by atoms with Crippen LogP contribution in [0, 0.1) is 24.7 Å². The molecule has 4 aliphatic rings. The van der Waals surface area contributed by atoms with Crippen LogP contribution in [0.5, 0.6) is 17.2 Å². The third-order valence-electron chi connectivity index (χ3n) is 8.80. The van der Waals surface area contributed by atoms with Gasteiger partial charge in [0.15, 0.2) is 11.6 Å². The predicted molar refractivity (Wildman–Crippen MR) is 151 cm³/mol. The van der Waals surface area contributed by atoms with E-state index in [1.54, 1.807) is 25.1 Å². The zero-order chi connectivity index (χ0) is 29.3. The Morgan fingerprint density at radius 1 is 0.951 bits per heavy atom. The molecule has 0 bridgehead atoms. The van der Waals surface area contributed by atoms with E-state index < -0.39 is 23.7 Å². The van der Waals surface area contributed by atoms with Crippen molar-refractivity contribution < 1.29 is 33.8 Å². The van der Waals surface area contributed by atoms with Crippen LogP contribution >= 0.6 is 11.6 Å². The number of hydrogen-bond acceptors (Lipinski definition) is 7. The highest BCUT2D eigenvalue weighted by Gasteiger charge is 2.57. The Balaban J connectivity index is 1.54. The Kier molecular flexibility index (Phi) is 6.41. The van der Waals surface area contributed by atoms with Crippen molar-refractivity contribution in [3.05, 3.63) is 80.9 Å². The normalized spacial score (nSPS) is 25.4. The zero-order valence-corrected chi connectivity index (χ0v) is 23.7. The Morgan fingerprint density at radius 2 is 1.63 bits per heavy atom. The summed E-state index contributed by atoms with van der Waals surface area (Å²) in [4.78, 5) is 56.0. The van der Waals surface area contributed by atoms with Crippen LogP contribution in [0.3, 0.4) is 0 Å². The third-order valence-corrected chi connectivity index (χ3v) is 9.20. The van der Waals surface area contributed by atoms with Crippen LogP contribution in [0.2, 0.25) is 5.02 Å². The standard InChI is InChI=1S/C32H28ClNO7/c1-14-5-6-16(10-22(14)33)34-31(38)19-8-7-18-20(26(19)32(34)39)13-21-23(36)9-15(2)30(37)28(21)27(18)29-24(40-3)11-17(35)12-25(29)41-4/h5-7,9-12,19-20,26-27,35H,8,13H2,1-4H3/t19-,20+,26-,27-/m0/s1. The molecule has 1 fully saturated rings. The molecule has 1 heterocycles. The lowest BCUT2D eigenvalue weighted by Gasteiger charge is -2.42. The molecule has 0 spiro atoms. The van der Waals surface area contributed by atoms with Gasteiger partial charge in [0, 0.05) is 45.4 Å². The number of benzene rings is 2. The Hall–Kier alpha value is -4.17. The molecule has 41 heavy (non-hydrogen) atoms. The minimum Gasteiger partial charge on any atom is -0.508 e. The summed E-state index contributed by atoms with van der Waals surface area (Å²) in [5.74, 6) is -3.42. The molecule has 0 radical (unpaired) electrons. The van der Waals surface area contributed by atoms with Gasteiger partial charge in [0.05, 0.1) is 31.7 Å². The van der Waals surface area contributed by atoms with E-state index in [2.05, 4.69) is 0 Å². The molecule has 3 aliphatic carbocycles. The number of ether oxygens (including phenoxy) is 2. The molecule has 2 aromatic rings. The second-order valence-electron chi connectivity index (χ2n) is 10.9. The number of aromatic hydroxyl groups is 1. The fraction of sp³-hybridized carbons (Fsp3) is 0.312. The summed E-state index contributed by atoms with van der Waals surface area (Å²) in [5.41, 5.74) is 3.42.